The molecule has 1 aromatic rings. The van der Waals surface area contributed by atoms with Crippen molar-refractivity contribution in [1.82, 2.24) is 5.32 Å². The molecule has 1 saturated carbocycles. The van der Waals surface area contributed by atoms with Crippen molar-refractivity contribution in [2.24, 2.45) is 0 Å². The van der Waals surface area contributed by atoms with Gasteiger partial charge < -0.3 is 10.4 Å². The Hall–Kier alpha value is -0.580. The van der Waals surface area contributed by atoms with Crippen LogP contribution in [0.3, 0.4) is 0 Å². The van der Waals surface area contributed by atoms with Crippen LogP contribution in [0.2, 0.25) is 0 Å². The molecular weight excluding hydrogens is 249 g/mol. The summed E-state index contributed by atoms with van der Waals surface area (Å²) in [6.07, 6.45) is 2.04. The first kappa shape index (κ1) is 13.8. The lowest BCUT2D eigenvalue weighted by Crippen LogP contribution is -2.16. The lowest BCUT2D eigenvalue weighted by molar-refractivity contribution is 0.196. The number of aliphatic hydroxyl groups excluding tert-OH is 1. The predicted octanol–water partition coefficient (Wildman–Crippen LogP) is 2.94. The molecule has 0 aliphatic heterocycles. The summed E-state index contributed by atoms with van der Waals surface area (Å²) in [5, 5.41) is 12.8. The van der Waals surface area contributed by atoms with Gasteiger partial charge in [-0.15, -0.1) is 11.8 Å². The number of aliphatic hydroxyl groups is 1. The van der Waals surface area contributed by atoms with E-state index in [1.165, 1.54) is 24.6 Å². The largest absolute Gasteiger partial charge is 0.392 e. The van der Waals surface area contributed by atoms with Gasteiger partial charge in [0, 0.05) is 22.7 Å². The molecule has 2 unspecified atom stereocenters. The average Bonchev–Trinajstić information content (AvgIpc) is 3.13. The third kappa shape index (κ3) is 3.97. The minimum Gasteiger partial charge on any atom is -0.392 e. The Bertz CT molecular complexity index is 407. The van der Waals surface area contributed by atoms with Crippen LogP contribution in [0.15, 0.2) is 23.1 Å². The molecule has 1 aromatic carbocycles. The summed E-state index contributed by atoms with van der Waals surface area (Å²) in [6.45, 7) is 4.36. The summed E-state index contributed by atoms with van der Waals surface area (Å²) in [4.78, 5) is 0.610. The summed E-state index contributed by atoms with van der Waals surface area (Å²) in [6, 6.07) is 5.99. The fraction of sp³-hybridized carbons (Fsp3) is 0.571. The van der Waals surface area contributed by atoms with Crippen LogP contribution >= 0.6 is 11.8 Å². The first-order chi connectivity index (χ1) is 8.56. The maximum Gasteiger partial charge on any atom is 0.137 e. The number of hydrogen-bond donors (Lipinski definition) is 2. The monoisotopic (exact) mass is 269 g/mol. The van der Waals surface area contributed by atoms with E-state index in [1.807, 2.05) is 19.1 Å². The lowest BCUT2D eigenvalue weighted by atomic mass is 10.2. The third-order valence-corrected chi connectivity index (χ3v) is 4.51. The second-order valence-corrected chi connectivity index (χ2v) is 6.40. The number of nitrogens with one attached hydrogen (secondary N) is 1. The highest BCUT2D eigenvalue weighted by atomic mass is 32.2. The van der Waals surface area contributed by atoms with Gasteiger partial charge in [0.2, 0.25) is 0 Å². The molecule has 4 heteroatoms. The Morgan fingerprint density at radius 3 is 2.72 bits per heavy atom. The molecule has 18 heavy (non-hydrogen) atoms. The first-order valence-corrected chi connectivity index (χ1v) is 7.31. The molecule has 0 amide bonds. The maximum absolute atomic E-state index is 13.9. The zero-order valence-electron chi connectivity index (χ0n) is 10.8. The third-order valence-electron chi connectivity index (χ3n) is 3.16. The van der Waals surface area contributed by atoms with Crippen LogP contribution < -0.4 is 5.32 Å². The number of rotatable bonds is 6. The minimum absolute atomic E-state index is 0.00469. The standard InChI is InChI=1S/C14H20FNOS/c1-9(17)10(2)18-14-6-3-11(7-13(14)15)8-16-12-4-5-12/h3,6-7,9-10,12,16-17H,4-5,8H2,1-2H3. The van der Waals surface area contributed by atoms with Crippen LogP contribution in [0.25, 0.3) is 0 Å². The second-order valence-electron chi connectivity index (χ2n) is 4.98. The second kappa shape index (κ2) is 6.04. The molecule has 2 rings (SSSR count). The van der Waals surface area contributed by atoms with Crippen LogP contribution in [0, 0.1) is 5.82 Å². The zero-order valence-corrected chi connectivity index (χ0v) is 11.6. The highest BCUT2D eigenvalue weighted by molar-refractivity contribution is 8.00. The molecule has 0 saturated heterocycles. The summed E-state index contributed by atoms with van der Waals surface area (Å²) in [7, 11) is 0. The van der Waals surface area contributed by atoms with Crippen molar-refractivity contribution in [2.45, 2.75) is 55.5 Å². The van der Waals surface area contributed by atoms with Gasteiger partial charge in [-0.3, -0.25) is 0 Å². The quantitative estimate of drug-likeness (QED) is 0.779. The molecule has 0 bridgehead atoms. The molecule has 2 nitrogen and oxygen atoms in total. The van der Waals surface area contributed by atoms with E-state index in [2.05, 4.69) is 5.32 Å². The number of benzene rings is 1. The van der Waals surface area contributed by atoms with E-state index in [0.717, 1.165) is 12.1 Å². The van der Waals surface area contributed by atoms with E-state index in [4.69, 9.17) is 0 Å². The van der Waals surface area contributed by atoms with E-state index in [1.54, 1.807) is 13.0 Å². The maximum atomic E-state index is 13.9. The van der Waals surface area contributed by atoms with Crippen molar-refractivity contribution >= 4 is 11.8 Å². The van der Waals surface area contributed by atoms with Crippen LogP contribution in [0.4, 0.5) is 4.39 Å². The van der Waals surface area contributed by atoms with Crippen LogP contribution in [-0.2, 0) is 6.54 Å². The van der Waals surface area contributed by atoms with Crippen molar-refractivity contribution in [1.29, 1.82) is 0 Å². The average molecular weight is 269 g/mol. The van der Waals surface area contributed by atoms with Crippen LogP contribution in [0.5, 0.6) is 0 Å². The van der Waals surface area contributed by atoms with Crippen molar-refractivity contribution in [3.05, 3.63) is 29.6 Å². The molecule has 1 fully saturated rings. The van der Waals surface area contributed by atoms with E-state index >= 15 is 0 Å². The van der Waals surface area contributed by atoms with Gasteiger partial charge in [0.1, 0.15) is 5.82 Å². The Morgan fingerprint density at radius 1 is 1.44 bits per heavy atom. The van der Waals surface area contributed by atoms with Gasteiger partial charge >= 0.3 is 0 Å². The predicted molar refractivity (Wildman–Crippen MR) is 73.3 cm³/mol. The molecule has 0 spiro atoms. The number of thioether (sulfide) groups is 1. The smallest absolute Gasteiger partial charge is 0.137 e. The Labute approximate surface area is 112 Å². The normalized spacial score (nSPS) is 18.7. The number of halogens is 1. The fourth-order valence-electron chi connectivity index (χ4n) is 1.60. The van der Waals surface area contributed by atoms with Gasteiger partial charge in [-0.25, -0.2) is 4.39 Å². The van der Waals surface area contributed by atoms with Gasteiger partial charge in [-0.05, 0) is 37.5 Å². The van der Waals surface area contributed by atoms with Crippen molar-refractivity contribution in [3.63, 3.8) is 0 Å². The molecule has 2 N–H and O–H groups in total. The van der Waals surface area contributed by atoms with Gasteiger partial charge in [0.25, 0.3) is 0 Å². The number of hydrogen-bond acceptors (Lipinski definition) is 3. The van der Waals surface area contributed by atoms with Gasteiger partial charge in [0.05, 0.1) is 6.10 Å². The van der Waals surface area contributed by atoms with E-state index in [-0.39, 0.29) is 11.1 Å². The molecule has 0 aromatic heterocycles. The van der Waals surface area contributed by atoms with E-state index < -0.39 is 6.10 Å². The molecular formula is C14H20FNOS. The van der Waals surface area contributed by atoms with Crippen LogP contribution in [0.1, 0.15) is 32.3 Å². The van der Waals surface area contributed by atoms with Crippen molar-refractivity contribution in [2.75, 3.05) is 0 Å². The van der Waals surface area contributed by atoms with Gasteiger partial charge in [-0.1, -0.05) is 13.0 Å². The Kier molecular flexibility index (Phi) is 4.65. The molecule has 1 aliphatic rings. The van der Waals surface area contributed by atoms with Gasteiger partial charge in [-0.2, -0.15) is 0 Å². The summed E-state index contributed by atoms with van der Waals surface area (Å²) in [5.41, 5.74) is 0.980. The first-order valence-electron chi connectivity index (χ1n) is 6.43. The lowest BCUT2D eigenvalue weighted by Gasteiger charge is -2.15. The Balaban J connectivity index is 1.95. The highest BCUT2D eigenvalue weighted by Crippen LogP contribution is 2.28. The van der Waals surface area contributed by atoms with Gasteiger partial charge in [0.15, 0.2) is 0 Å². The zero-order chi connectivity index (χ0) is 13.1. The summed E-state index contributed by atoms with van der Waals surface area (Å²) < 4.78 is 13.9. The Morgan fingerprint density at radius 2 is 2.17 bits per heavy atom. The summed E-state index contributed by atoms with van der Waals surface area (Å²) >= 11 is 1.38. The molecule has 0 heterocycles. The topological polar surface area (TPSA) is 32.3 Å². The molecule has 2 atom stereocenters. The van der Waals surface area contributed by atoms with Crippen molar-refractivity contribution < 1.29 is 9.50 Å². The molecule has 100 valence electrons. The van der Waals surface area contributed by atoms with E-state index in [0.29, 0.717) is 10.9 Å². The molecule has 0 radical (unpaired) electrons. The summed E-state index contributed by atoms with van der Waals surface area (Å²) in [5.74, 6) is -0.192. The van der Waals surface area contributed by atoms with Crippen LogP contribution in [-0.4, -0.2) is 22.5 Å². The minimum atomic E-state index is -0.439. The SMILES string of the molecule is CC(O)C(C)Sc1ccc(CNC2CC2)cc1F. The van der Waals surface area contributed by atoms with E-state index in [9.17, 15) is 9.50 Å². The van der Waals surface area contributed by atoms with Crippen molar-refractivity contribution in [3.8, 4) is 0 Å². The molecule has 1 aliphatic carbocycles. The fourth-order valence-corrected chi connectivity index (χ4v) is 2.51. The highest BCUT2D eigenvalue weighted by Gasteiger charge is 2.20.